The van der Waals surface area contributed by atoms with Crippen LogP contribution in [0.2, 0.25) is 0 Å². The molecule has 1 unspecified atom stereocenters. The van der Waals surface area contributed by atoms with Gasteiger partial charge in [-0.25, -0.2) is 9.00 Å². The van der Waals surface area contributed by atoms with Crippen molar-refractivity contribution in [1.82, 2.24) is 0 Å². The Bertz CT molecular complexity index is 1120. The van der Waals surface area contributed by atoms with Crippen LogP contribution in [0.15, 0.2) is 48.0 Å². The number of carbonyl (C=O) groups excluding carboxylic acids is 2. The molecule has 32 heavy (non-hydrogen) atoms. The molecule has 5 N–H and O–H groups in total. The Labute approximate surface area is 183 Å². The van der Waals surface area contributed by atoms with Gasteiger partial charge in [0.1, 0.15) is 11.3 Å². The summed E-state index contributed by atoms with van der Waals surface area (Å²) < 4.78 is 67.2. The highest BCUT2D eigenvalue weighted by Gasteiger charge is 2.31. The number of anilines is 3. The number of carbonyl (C=O) groups is 2. The average molecular weight is 469 g/mol. The molecule has 0 saturated heterocycles. The van der Waals surface area contributed by atoms with Crippen LogP contribution in [0.5, 0.6) is 5.75 Å². The van der Waals surface area contributed by atoms with Gasteiger partial charge in [0.25, 0.3) is 17.2 Å². The molecule has 2 aromatic carbocycles. The number of esters is 1. The Morgan fingerprint density at radius 3 is 2.53 bits per heavy atom. The van der Waals surface area contributed by atoms with Crippen molar-refractivity contribution in [2.75, 3.05) is 10.0 Å². The standard InChI is InChI=1S/C20H18F3N3O5S/c21-20(22,23)12-6-3-7-13(10-12)25-17-14(26-32(29)30)8-9-15(16(17)18(24)27)31-19(28)11-4-1-2-5-11/h3-4,6-10,25-26H,1-2,5H2,(H2,24,27)(H,29,30). The van der Waals surface area contributed by atoms with Gasteiger partial charge in [-0.1, -0.05) is 12.1 Å². The van der Waals surface area contributed by atoms with Crippen molar-refractivity contribution in [3.8, 4) is 5.75 Å². The van der Waals surface area contributed by atoms with Gasteiger partial charge in [-0.2, -0.15) is 13.2 Å². The van der Waals surface area contributed by atoms with Crippen molar-refractivity contribution in [2.45, 2.75) is 25.4 Å². The van der Waals surface area contributed by atoms with Crippen molar-refractivity contribution in [2.24, 2.45) is 5.73 Å². The molecular formula is C20H18F3N3O5S. The van der Waals surface area contributed by atoms with Crippen LogP contribution in [-0.4, -0.2) is 20.6 Å². The zero-order valence-electron chi connectivity index (χ0n) is 16.4. The van der Waals surface area contributed by atoms with E-state index in [2.05, 4.69) is 10.0 Å². The molecular weight excluding hydrogens is 451 g/mol. The molecule has 1 amide bonds. The summed E-state index contributed by atoms with van der Waals surface area (Å²) in [5.74, 6) is -2.02. The second-order valence-electron chi connectivity index (χ2n) is 6.79. The van der Waals surface area contributed by atoms with Crippen LogP contribution >= 0.6 is 0 Å². The number of alkyl halides is 3. The minimum absolute atomic E-state index is 0.0870. The Morgan fingerprint density at radius 2 is 1.94 bits per heavy atom. The molecule has 2 aromatic rings. The van der Waals surface area contributed by atoms with Gasteiger partial charge in [0.15, 0.2) is 0 Å². The van der Waals surface area contributed by atoms with Gasteiger partial charge < -0.3 is 15.8 Å². The first-order chi connectivity index (χ1) is 15.1. The zero-order valence-corrected chi connectivity index (χ0v) is 17.2. The number of hydrogen-bond acceptors (Lipinski definition) is 5. The minimum Gasteiger partial charge on any atom is -0.422 e. The van der Waals surface area contributed by atoms with E-state index in [1.807, 2.05) is 0 Å². The SMILES string of the molecule is NC(=O)c1c(OC(=O)C2=CCCC2)ccc(NS(=O)O)c1Nc1cccc(C(F)(F)F)c1. The second-order valence-corrected chi connectivity index (χ2v) is 7.49. The van der Waals surface area contributed by atoms with E-state index in [0.717, 1.165) is 24.6 Å². The highest BCUT2D eigenvalue weighted by Crippen LogP contribution is 2.38. The molecule has 0 spiro atoms. The predicted molar refractivity (Wildman–Crippen MR) is 112 cm³/mol. The first-order valence-corrected chi connectivity index (χ1v) is 10.4. The quantitative estimate of drug-likeness (QED) is 0.274. The van der Waals surface area contributed by atoms with Crippen LogP contribution < -0.4 is 20.5 Å². The number of amides is 1. The molecule has 0 aromatic heterocycles. The van der Waals surface area contributed by atoms with Gasteiger partial charge >= 0.3 is 12.1 Å². The molecule has 170 valence electrons. The van der Waals surface area contributed by atoms with Crippen molar-refractivity contribution < 1.29 is 36.3 Å². The summed E-state index contributed by atoms with van der Waals surface area (Å²) in [6, 6.07) is 6.49. The number of hydrogen-bond donors (Lipinski definition) is 4. The van der Waals surface area contributed by atoms with E-state index in [1.54, 1.807) is 6.08 Å². The molecule has 1 aliphatic carbocycles. The monoisotopic (exact) mass is 469 g/mol. The Hall–Kier alpha value is -3.38. The highest BCUT2D eigenvalue weighted by molar-refractivity contribution is 7.80. The summed E-state index contributed by atoms with van der Waals surface area (Å²) in [6.45, 7) is 0. The maximum Gasteiger partial charge on any atom is 0.416 e. The minimum atomic E-state index is -4.62. The zero-order chi connectivity index (χ0) is 23.5. The van der Waals surface area contributed by atoms with E-state index in [9.17, 15) is 31.5 Å². The molecule has 0 fully saturated rings. The average Bonchev–Trinajstić information content (AvgIpc) is 3.24. The van der Waals surface area contributed by atoms with E-state index < -0.39 is 34.9 Å². The predicted octanol–water partition coefficient (Wildman–Crippen LogP) is 4.11. The maximum atomic E-state index is 13.1. The molecule has 3 rings (SSSR count). The number of ether oxygens (including phenoxy) is 1. The molecule has 1 aliphatic rings. The largest absolute Gasteiger partial charge is 0.422 e. The molecule has 8 nitrogen and oxygen atoms in total. The van der Waals surface area contributed by atoms with Crippen LogP contribution in [0.3, 0.4) is 0 Å². The number of benzene rings is 2. The lowest BCUT2D eigenvalue weighted by Crippen LogP contribution is -2.19. The summed E-state index contributed by atoms with van der Waals surface area (Å²) >= 11 is -2.58. The third-order valence-electron chi connectivity index (χ3n) is 4.58. The molecule has 0 aliphatic heterocycles. The number of primary amides is 1. The van der Waals surface area contributed by atoms with Gasteiger partial charge in [-0.05, 0) is 49.6 Å². The van der Waals surface area contributed by atoms with Crippen LogP contribution in [0, 0.1) is 0 Å². The van der Waals surface area contributed by atoms with Gasteiger partial charge in [-0.15, -0.1) is 0 Å². The smallest absolute Gasteiger partial charge is 0.416 e. The normalized spacial score (nSPS) is 14.4. The van der Waals surface area contributed by atoms with Crippen LogP contribution in [0.1, 0.15) is 35.2 Å². The summed E-state index contributed by atoms with van der Waals surface area (Å²) in [7, 11) is 0. The van der Waals surface area contributed by atoms with Crippen LogP contribution in [0.25, 0.3) is 0 Å². The third-order valence-corrected chi connectivity index (χ3v) is 4.97. The van der Waals surface area contributed by atoms with E-state index in [1.165, 1.54) is 18.2 Å². The second kappa shape index (κ2) is 9.40. The molecule has 12 heteroatoms. The van der Waals surface area contributed by atoms with Crippen molar-refractivity contribution >= 4 is 40.2 Å². The fourth-order valence-corrected chi connectivity index (χ4v) is 3.52. The highest BCUT2D eigenvalue weighted by atomic mass is 32.2. The fraction of sp³-hybridized carbons (Fsp3) is 0.200. The molecule has 0 radical (unpaired) electrons. The summed E-state index contributed by atoms with van der Waals surface area (Å²) in [4.78, 5) is 24.6. The lowest BCUT2D eigenvalue weighted by molar-refractivity contribution is -0.137. The third kappa shape index (κ3) is 5.45. The summed E-state index contributed by atoms with van der Waals surface area (Å²) in [5, 5.41) is 2.61. The van der Waals surface area contributed by atoms with Crippen LogP contribution in [-0.2, 0) is 22.2 Å². The number of nitrogens with two attached hydrogens (primary N) is 1. The van der Waals surface area contributed by atoms with Crippen molar-refractivity contribution in [1.29, 1.82) is 0 Å². The summed E-state index contributed by atoms with van der Waals surface area (Å²) in [5.41, 5.74) is 4.10. The van der Waals surface area contributed by atoms with E-state index in [4.69, 9.17) is 10.5 Å². The topological polar surface area (TPSA) is 131 Å². The van der Waals surface area contributed by atoms with E-state index in [-0.39, 0.29) is 28.4 Å². The van der Waals surface area contributed by atoms with Gasteiger partial charge in [0, 0.05) is 11.3 Å². The lowest BCUT2D eigenvalue weighted by atomic mass is 10.1. The van der Waals surface area contributed by atoms with Gasteiger partial charge in [-0.3, -0.25) is 14.1 Å². The fourth-order valence-electron chi connectivity index (χ4n) is 3.16. The molecule has 0 saturated carbocycles. The molecule has 0 heterocycles. The first-order valence-electron chi connectivity index (χ1n) is 9.26. The molecule has 0 bridgehead atoms. The lowest BCUT2D eigenvalue weighted by Gasteiger charge is -2.19. The van der Waals surface area contributed by atoms with Crippen molar-refractivity contribution in [3.63, 3.8) is 0 Å². The van der Waals surface area contributed by atoms with E-state index >= 15 is 0 Å². The number of rotatable bonds is 7. The maximum absolute atomic E-state index is 13.1. The van der Waals surface area contributed by atoms with Crippen molar-refractivity contribution in [3.05, 3.63) is 59.2 Å². The van der Waals surface area contributed by atoms with E-state index in [0.29, 0.717) is 18.4 Å². The first kappa shape index (κ1) is 23.3. The van der Waals surface area contributed by atoms with Crippen LogP contribution in [0.4, 0.5) is 30.2 Å². The molecule has 1 atom stereocenters. The number of allylic oxidation sites excluding steroid dienone is 1. The Morgan fingerprint density at radius 1 is 1.19 bits per heavy atom. The van der Waals surface area contributed by atoms with Gasteiger partial charge in [0.05, 0.1) is 16.9 Å². The summed E-state index contributed by atoms with van der Waals surface area (Å²) in [6.07, 6.45) is -0.923. The number of halogens is 3. The number of nitrogens with one attached hydrogen (secondary N) is 2. The van der Waals surface area contributed by atoms with Gasteiger partial charge in [0.2, 0.25) is 0 Å². The Kier molecular flexibility index (Phi) is 6.84. The Balaban J connectivity index is 2.07.